The second-order valence-electron chi connectivity index (χ2n) is 6.32. The Morgan fingerprint density at radius 2 is 1.75 bits per heavy atom. The van der Waals surface area contributed by atoms with E-state index in [0.29, 0.717) is 13.1 Å². The van der Waals surface area contributed by atoms with Crippen LogP contribution in [0.5, 0.6) is 0 Å². The largest absolute Gasteiger partial charge is 0.368 e. The van der Waals surface area contributed by atoms with E-state index in [1.165, 1.54) is 11.3 Å². The number of halogens is 1. The molecule has 4 rings (SSSR count). The first-order valence-electron chi connectivity index (χ1n) is 8.92. The van der Waals surface area contributed by atoms with Crippen LogP contribution in [0.15, 0.2) is 60.0 Å². The molecule has 144 valence electrons. The molecule has 1 N–H and O–H groups in total. The van der Waals surface area contributed by atoms with Crippen molar-refractivity contribution >= 4 is 50.9 Å². The maximum atomic E-state index is 12.5. The highest BCUT2D eigenvalue weighted by Crippen LogP contribution is 2.27. The quantitative estimate of drug-likeness (QED) is 0.556. The maximum Gasteiger partial charge on any atom is 0.302 e. The van der Waals surface area contributed by atoms with Crippen LogP contribution >= 0.6 is 34.9 Å². The second kappa shape index (κ2) is 8.86. The summed E-state index contributed by atoms with van der Waals surface area (Å²) in [7, 11) is 0. The average Bonchev–Trinajstić information content (AvgIpc) is 3.22. The number of carbonyl (C=O) groups is 1. The van der Waals surface area contributed by atoms with Gasteiger partial charge < -0.3 is 9.80 Å². The molecule has 5 nitrogen and oxygen atoms in total. The Kier molecular flexibility index (Phi) is 6.04. The van der Waals surface area contributed by atoms with E-state index in [9.17, 15) is 4.79 Å². The molecule has 0 radical (unpaired) electrons. The van der Waals surface area contributed by atoms with Crippen molar-refractivity contribution < 1.29 is 4.79 Å². The van der Waals surface area contributed by atoms with Gasteiger partial charge in [-0.2, -0.15) is 0 Å². The molecule has 1 saturated heterocycles. The average molecular weight is 431 g/mol. The predicted molar refractivity (Wildman–Crippen MR) is 119 cm³/mol. The normalized spacial score (nSPS) is 14.2. The van der Waals surface area contributed by atoms with Gasteiger partial charge in [-0.1, -0.05) is 41.9 Å². The molecular weight excluding hydrogens is 412 g/mol. The highest BCUT2D eigenvalue weighted by Gasteiger charge is 2.22. The molecule has 0 bridgehead atoms. The van der Waals surface area contributed by atoms with Gasteiger partial charge in [0, 0.05) is 59.8 Å². The molecule has 8 heteroatoms. The second-order valence-corrected chi connectivity index (χ2v) is 8.38. The van der Waals surface area contributed by atoms with Gasteiger partial charge in [-0.25, -0.2) is 4.98 Å². The molecule has 2 aromatic carbocycles. The Balaban J connectivity index is 1.27. The summed E-state index contributed by atoms with van der Waals surface area (Å²) in [5.74, 6) is 0. The molecule has 0 spiro atoms. The highest BCUT2D eigenvalue weighted by molar-refractivity contribution is 8.14. The number of hydrogen-bond donors (Lipinski definition) is 1. The summed E-state index contributed by atoms with van der Waals surface area (Å²) in [5, 5.41) is 3.48. The van der Waals surface area contributed by atoms with E-state index in [1.807, 2.05) is 64.9 Å². The van der Waals surface area contributed by atoms with Crippen molar-refractivity contribution in [1.29, 1.82) is 0 Å². The van der Waals surface area contributed by atoms with E-state index in [0.717, 1.165) is 52.1 Å². The Bertz CT molecular complexity index is 925. The summed E-state index contributed by atoms with van der Waals surface area (Å²) < 4.78 is 3.09. The number of piperazine rings is 1. The fraction of sp³-hybridized carbons (Fsp3) is 0.200. The number of thiazole rings is 1. The SMILES string of the molecule is O=C(SNc1nc(-c2ccccc2)cs1)N1CCN(c2ccc(Cl)cc2)CC1. The first-order chi connectivity index (χ1) is 13.7. The minimum Gasteiger partial charge on any atom is -0.368 e. The van der Waals surface area contributed by atoms with Crippen LogP contribution in [-0.4, -0.2) is 41.3 Å². The molecule has 1 aromatic heterocycles. The number of benzene rings is 2. The van der Waals surface area contributed by atoms with E-state index in [2.05, 4.69) is 14.6 Å². The Morgan fingerprint density at radius 1 is 1.04 bits per heavy atom. The molecule has 1 aliphatic rings. The summed E-state index contributed by atoms with van der Waals surface area (Å²) in [5.41, 5.74) is 3.12. The zero-order valence-corrected chi connectivity index (χ0v) is 17.4. The third-order valence-corrected chi connectivity index (χ3v) is 6.40. The number of anilines is 2. The predicted octanol–water partition coefficient (Wildman–Crippen LogP) is 5.47. The fourth-order valence-corrected chi connectivity index (χ4v) is 4.55. The molecule has 1 amide bonds. The van der Waals surface area contributed by atoms with E-state index in [-0.39, 0.29) is 5.24 Å². The first kappa shape index (κ1) is 19.1. The minimum atomic E-state index is 0.0206. The van der Waals surface area contributed by atoms with Crippen LogP contribution in [0.1, 0.15) is 0 Å². The Morgan fingerprint density at radius 3 is 2.46 bits per heavy atom. The lowest BCUT2D eigenvalue weighted by Crippen LogP contribution is -2.47. The topological polar surface area (TPSA) is 48.5 Å². The van der Waals surface area contributed by atoms with Crippen LogP contribution in [0.25, 0.3) is 11.3 Å². The van der Waals surface area contributed by atoms with Crippen LogP contribution in [0.3, 0.4) is 0 Å². The van der Waals surface area contributed by atoms with Gasteiger partial charge in [-0.05, 0) is 24.3 Å². The fourth-order valence-electron chi connectivity index (χ4n) is 3.01. The van der Waals surface area contributed by atoms with Crippen molar-refractivity contribution in [3.63, 3.8) is 0 Å². The number of amides is 1. The number of nitrogens with one attached hydrogen (secondary N) is 1. The summed E-state index contributed by atoms with van der Waals surface area (Å²) in [6, 6.07) is 17.8. The Hall–Kier alpha value is -2.22. The zero-order valence-electron chi connectivity index (χ0n) is 15.0. The smallest absolute Gasteiger partial charge is 0.302 e. The first-order valence-corrected chi connectivity index (χ1v) is 11.0. The van der Waals surface area contributed by atoms with Crippen molar-refractivity contribution in [3.05, 3.63) is 65.0 Å². The van der Waals surface area contributed by atoms with E-state index in [1.54, 1.807) is 0 Å². The summed E-state index contributed by atoms with van der Waals surface area (Å²) >= 11 is 8.54. The van der Waals surface area contributed by atoms with Gasteiger partial charge >= 0.3 is 5.24 Å². The van der Waals surface area contributed by atoms with Gasteiger partial charge in [-0.15, -0.1) is 11.3 Å². The number of rotatable bonds is 4. The third-order valence-electron chi connectivity index (χ3n) is 4.53. The lowest BCUT2D eigenvalue weighted by atomic mass is 10.2. The van der Waals surface area contributed by atoms with Crippen LogP contribution in [0, 0.1) is 0 Å². The minimum absolute atomic E-state index is 0.0206. The molecule has 2 heterocycles. The van der Waals surface area contributed by atoms with Crippen molar-refractivity contribution in [2.24, 2.45) is 0 Å². The van der Waals surface area contributed by atoms with Crippen molar-refractivity contribution in [2.75, 3.05) is 35.8 Å². The van der Waals surface area contributed by atoms with Gasteiger partial charge in [-0.3, -0.25) is 9.52 Å². The highest BCUT2D eigenvalue weighted by atomic mass is 35.5. The Labute approximate surface area is 177 Å². The van der Waals surface area contributed by atoms with Gasteiger partial charge in [0.25, 0.3) is 0 Å². The van der Waals surface area contributed by atoms with Crippen molar-refractivity contribution in [1.82, 2.24) is 9.88 Å². The molecule has 0 aliphatic carbocycles. The van der Waals surface area contributed by atoms with Gasteiger partial charge in [0.2, 0.25) is 0 Å². The number of carbonyl (C=O) groups excluding carboxylic acids is 1. The lowest BCUT2D eigenvalue weighted by Gasteiger charge is -2.35. The third kappa shape index (κ3) is 4.60. The molecular formula is C20H19ClN4OS2. The molecule has 1 fully saturated rings. The number of nitrogens with zero attached hydrogens (tertiary/aromatic N) is 3. The summed E-state index contributed by atoms with van der Waals surface area (Å²) in [4.78, 5) is 21.2. The van der Waals surface area contributed by atoms with E-state index >= 15 is 0 Å². The molecule has 28 heavy (non-hydrogen) atoms. The maximum absolute atomic E-state index is 12.5. The van der Waals surface area contributed by atoms with Crippen molar-refractivity contribution in [3.8, 4) is 11.3 Å². The van der Waals surface area contributed by atoms with Crippen LogP contribution in [0.2, 0.25) is 5.02 Å². The van der Waals surface area contributed by atoms with E-state index in [4.69, 9.17) is 11.6 Å². The van der Waals surface area contributed by atoms with Gasteiger partial charge in [0.1, 0.15) is 0 Å². The number of aromatic nitrogens is 1. The molecule has 0 unspecified atom stereocenters. The van der Waals surface area contributed by atoms with Crippen molar-refractivity contribution in [2.45, 2.75) is 0 Å². The monoisotopic (exact) mass is 430 g/mol. The molecule has 3 aromatic rings. The standard InChI is InChI=1S/C20H19ClN4OS2/c21-16-6-8-17(9-7-16)24-10-12-25(13-11-24)20(26)28-23-19-22-18(14-27-19)15-4-2-1-3-5-15/h1-9,14H,10-13H2,(H,22,23). The van der Waals surface area contributed by atoms with Gasteiger partial charge in [0.05, 0.1) is 5.69 Å². The summed E-state index contributed by atoms with van der Waals surface area (Å²) in [6.45, 7) is 3.01. The molecule has 1 aliphatic heterocycles. The van der Waals surface area contributed by atoms with Crippen LogP contribution < -0.4 is 9.62 Å². The summed E-state index contributed by atoms with van der Waals surface area (Å²) in [6.07, 6.45) is 0. The van der Waals surface area contributed by atoms with Crippen LogP contribution in [-0.2, 0) is 0 Å². The lowest BCUT2D eigenvalue weighted by molar-refractivity contribution is 0.219. The van der Waals surface area contributed by atoms with Gasteiger partial charge in [0.15, 0.2) is 5.13 Å². The van der Waals surface area contributed by atoms with E-state index < -0.39 is 0 Å². The number of hydrogen-bond acceptors (Lipinski definition) is 6. The molecule has 0 atom stereocenters. The van der Waals surface area contributed by atoms with Crippen LogP contribution in [0.4, 0.5) is 15.6 Å². The molecule has 0 saturated carbocycles. The zero-order chi connectivity index (χ0) is 19.3.